The number of rotatable bonds is 1. The number of aryl methyl sites for hydroxylation is 1. The fraction of sp³-hybridized carbons (Fsp3) is 0.429. The molecule has 0 aliphatic rings. The van der Waals surface area contributed by atoms with Crippen LogP contribution in [-0.4, -0.2) is 15.1 Å². The molecule has 1 unspecified atom stereocenters. The molecule has 10 heavy (non-hydrogen) atoms. The summed E-state index contributed by atoms with van der Waals surface area (Å²) in [7, 11) is 0. The average Bonchev–Trinajstić information content (AvgIpc) is 1.88. The van der Waals surface area contributed by atoms with E-state index in [1.165, 1.54) is 0 Å². The van der Waals surface area contributed by atoms with Gasteiger partial charge in [0.1, 0.15) is 6.10 Å². The van der Waals surface area contributed by atoms with Crippen LogP contribution in [0.2, 0.25) is 0 Å². The van der Waals surface area contributed by atoms with Gasteiger partial charge in [0.15, 0.2) is 5.82 Å². The second kappa shape index (κ2) is 2.75. The number of hydrogen-bond donors (Lipinski definition) is 1. The summed E-state index contributed by atoms with van der Waals surface area (Å²) in [4.78, 5) is 7.89. The second-order valence-electron chi connectivity index (χ2n) is 2.23. The van der Waals surface area contributed by atoms with Crippen molar-refractivity contribution in [3.63, 3.8) is 0 Å². The number of nitrogens with zero attached hydrogens (tertiary/aromatic N) is 2. The van der Waals surface area contributed by atoms with Gasteiger partial charge in [0, 0.05) is 11.9 Å². The summed E-state index contributed by atoms with van der Waals surface area (Å²) in [5.41, 5.74) is 0.880. The highest BCUT2D eigenvalue weighted by Gasteiger charge is 2.01. The topological polar surface area (TPSA) is 46.0 Å². The highest BCUT2D eigenvalue weighted by molar-refractivity contribution is 5.00. The van der Waals surface area contributed by atoms with Crippen LogP contribution in [0.15, 0.2) is 12.3 Å². The fourth-order valence-corrected chi connectivity index (χ4v) is 0.670. The Morgan fingerprint density at radius 2 is 2.30 bits per heavy atom. The molecule has 54 valence electrons. The predicted octanol–water partition coefficient (Wildman–Crippen LogP) is 0.838. The quantitative estimate of drug-likeness (QED) is 0.625. The predicted molar refractivity (Wildman–Crippen MR) is 37.4 cm³/mol. The summed E-state index contributed by atoms with van der Waals surface area (Å²) in [6.07, 6.45) is 1.07. The lowest BCUT2D eigenvalue weighted by atomic mass is 10.3. The Balaban J connectivity index is 2.96. The van der Waals surface area contributed by atoms with E-state index in [4.69, 9.17) is 5.11 Å². The zero-order valence-electron chi connectivity index (χ0n) is 6.07. The van der Waals surface area contributed by atoms with E-state index in [9.17, 15) is 0 Å². The molecule has 1 aromatic rings. The Labute approximate surface area is 59.8 Å². The number of aliphatic hydroxyl groups is 1. The fourth-order valence-electron chi connectivity index (χ4n) is 0.670. The van der Waals surface area contributed by atoms with Crippen LogP contribution in [0.25, 0.3) is 0 Å². The maximum absolute atomic E-state index is 9.02. The van der Waals surface area contributed by atoms with E-state index in [0.29, 0.717) is 5.82 Å². The molecule has 3 nitrogen and oxygen atoms in total. The second-order valence-corrected chi connectivity index (χ2v) is 2.23. The third-order valence-corrected chi connectivity index (χ3v) is 1.19. The van der Waals surface area contributed by atoms with Gasteiger partial charge in [-0.3, -0.25) is 0 Å². The average molecular weight is 138 g/mol. The van der Waals surface area contributed by atoms with Crippen LogP contribution in [0.5, 0.6) is 0 Å². The lowest BCUT2D eigenvalue weighted by Gasteiger charge is -2.01. The molecule has 3 heteroatoms. The molecular formula is C7H10N2O. The van der Waals surface area contributed by atoms with Crippen LogP contribution in [-0.2, 0) is 0 Å². The summed E-state index contributed by atoms with van der Waals surface area (Å²) in [6, 6.07) is 1.80. The van der Waals surface area contributed by atoms with Crippen LogP contribution in [0.4, 0.5) is 0 Å². The van der Waals surface area contributed by atoms with Crippen LogP contribution in [0.1, 0.15) is 24.5 Å². The van der Waals surface area contributed by atoms with Gasteiger partial charge in [0.05, 0.1) is 0 Å². The van der Waals surface area contributed by atoms with E-state index < -0.39 is 6.10 Å². The maximum Gasteiger partial charge on any atom is 0.156 e. The highest BCUT2D eigenvalue weighted by Crippen LogP contribution is 2.04. The Morgan fingerprint density at radius 1 is 1.60 bits per heavy atom. The van der Waals surface area contributed by atoms with E-state index in [0.717, 1.165) is 5.69 Å². The molecular weight excluding hydrogens is 128 g/mol. The summed E-state index contributed by atoms with van der Waals surface area (Å²) in [6.45, 7) is 3.52. The number of aliphatic hydroxyl groups excluding tert-OH is 1. The Kier molecular flexibility index (Phi) is 1.97. The molecule has 0 radical (unpaired) electrons. The molecule has 0 saturated heterocycles. The van der Waals surface area contributed by atoms with E-state index in [1.807, 2.05) is 6.92 Å². The summed E-state index contributed by atoms with van der Waals surface area (Å²) in [5.74, 6) is 0.486. The van der Waals surface area contributed by atoms with Gasteiger partial charge in [-0.25, -0.2) is 9.97 Å². The normalized spacial score (nSPS) is 13.1. The Bertz CT molecular complexity index is 223. The maximum atomic E-state index is 9.02. The van der Waals surface area contributed by atoms with E-state index in [1.54, 1.807) is 19.2 Å². The van der Waals surface area contributed by atoms with E-state index in [-0.39, 0.29) is 0 Å². The van der Waals surface area contributed by atoms with Crippen molar-refractivity contribution in [1.29, 1.82) is 0 Å². The zero-order chi connectivity index (χ0) is 7.56. The van der Waals surface area contributed by atoms with Gasteiger partial charge in [-0.15, -0.1) is 0 Å². The van der Waals surface area contributed by atoms with Gasteiger partial charge < -0.3 is 5.11 Å². The summed E-state index contributed by atoms with van der Waals surface area (Å²) < 4.78 is 0. The lowest BCUT2D eigenvalue weighted by Crippen LogP contribution is -1.99. The molecule has 0 aromatic carbocycles. The molecule has 0 bridgehead atoms. The Hall–Kier alpha value is -0.960. The number of aromatic nitrogens is 2. The molecule has 0 aliphatic heterocycles. The van der Waals surface area contributed by atoms with Crippen molar-refractivity contribution in [3.8, 4) is 0 Å². The van der Waals surface area contributed by atoms with Crippen LogP contribution < -0.4 is 0 Å². The van der Waals surface area contributed by atoms with Gasteiger partial charge in [0.2, 0.25) is 0 Å². The molecule has 1 heterocycles. The molecule has 0 fully saturated rings. The first-order valence-electron chi connectivity index (χ1n) is 3.18. The van der Waals surface area contributed by atoms with Gasteiger partial charge in [0.25, 0.3) is 0 Å². The first-order valence-corrected chi connectivity index (χ1v) is 3.18. The zero-order valence-corrected chi connectivity index (χ0v) is 6.07. The summed E-state index contributed by atoms with van der Waals surface area (Å²) in [5, 5.41) is 9.02. The van der Waals surface area contributed by atoms with Crippen molar-refractivity contribution in [1.82, 2.24) is 9.97 Å². The molecule has 0 spiro atoms. The third-order valence-electron chi connectivity index (χ3n) is 1.19. The third kappa shape index (κ3) is 1.51. The minimum atomic E-state index is -0.570. The molecule has 0 amide bonds. The van der Waals surface area contributed by atoms with Gasteiger partial charge in [-0.1, -0.05) is 0 Å². The van der Waals surface area contributed by atoms with Crippen LogP contribution in [0.3, 0.4) is 0 Å². The minimum absolute atomic E-state index is 0.486. The first kappa shape index (κ1) is 7.15. The smallest absolute Gasteiger partial charge is 0.156 e. The van der Waals surface area contributed by atoms with E-state index in [2.05, 4.69) is 9.97 Å². The monoisotopic (exact) mass is 138 g/mol. The molecule has 0 saturated carbocycles. The SMILES string of the molecule is Cc1ccnc(C(C)O)n1. The van der Waals surface area contributed by atoms with Crippen LogP contribution in [0, 0.1) is 6.92 Å². The van der Waals surface area contributed by atoms with E-state index >= 15 is 0 Å². The first-order chi connectivity index (χ1) is 4.70. The van der Waals surface area contributed by atoms with Gasteiger partial charge in [-0.05, 0) is 19.9 Å². The highest BCUT2D eigenvalue weighted by atomic mass is 16.3. The Morgan fingerprint density at radius 3 is 2.70 bits per heavy atom. The lowest BCUT2D eigenvalue weighted by molar-refractivity contribution is 0.188. The van der Waals surface area contributed by atoms with Crippen molar-refractivity contribution in [2.45, 2.75) is 20.0 Å². The van der Waals surface area contributed by atoms with Crippen LogP contribution >= 0.6 is 0 Å². The molecule has 1 rings (SSSR count). The van der Waals surface area contributed by atoms with Gasteiger partial charge >= 0.3 is 0 Å². The van der Waals surface area contributed by atoms with Crippen molar-refractivity contribution < 1.29 is 5.11 Å². The number of hydrogen-bond acceptors (Lipinski definition) is 3. The standard InChI is InChI=1S/C7H10N2O/c1-5-3-4-8-7(9-5)6(2)10/h3-4,6,10H,1-2H3. The molecule has 1 aromatic heterocycles. The minimum Gasteiger partial charge on any atom is -0.385 e. The summed E-state index contributed by atoms with van der Waals surface area (Å²) >= 11 is 0. The van der Waals surface area contributed by atoms with Crippen molar-refractivity contribution in [3.05, 3.63) is 23.8 Å². The van der Waals surface area contributed by atoms with Gasteiger partial charge in [-0.2, -0.15) is 0 Å². The molecule has 1 N–H and O–H groups in total. The largest absolute Gasteiger partial charge is 0.385 e. The van der Waals surface area contributed by atoms with Crippen molar-refractivity contribution >= 4 is 0 Å². The molecule has 1 atom stereocenters. The van der Waals surface area contributed by atoms with Crippen molar-refractivity contribution in [2.24, 2.45) is 0 Å². The van der Waals surface area contributed by atoms with Crippen molar-refractivity contribution in [2.75, 3.05) is 0 Å². The molecule has 0 aliphatic carbocycles.